The van der Waals surface area contributed by atoms with Gasteiger partial charge in [-0.05, 0) is 33.0 Å². The Morgan fingerprint density at radius 3 is 2.83 bits per heavy atom. The van der Waals surface area contributed by atoms with Crippen LogP contribution in [-0.4, -0.2) is 53.0 Å². The number of hydrogen-bond donors (Lipinski definition) is 1. The second-order valence-electron chi connectivity index (χ2n) is 5.85. The molecule has 0 radical (unpaired) electrons. The largest absolute Gasteiger partial charge is 0.329 e. The Morgan fingerprint density at radius 1 is 1.44 bits per heavy atom. The molecule has 18 heavy (non-hydrogen) atoms. The zero-order chi connectivity index (χ0) is 13.2. The molecule has 0 saturated carbocycles. The second kappa shape index (κ2) is 5.34. The van der Waals surface area contributed by atoms with Gasteiger partial charge in [-0.2, -0.15) is 0 Å². The first-order valence-corrected chi connectivity index (χ1v) is 6.58. The zero-order valence-corrected chi connectivity index (χ0v) is 11.6. The van der Waals surface area contributed by atoms with Crippen LogP contribution in [0.4, 0.5) is 0 Å². The molecular formula is C14H24N4. The standard InChI is InChI=1S/C14H24N4/c1-14(2)11-17(3)10-13(8-15)18(14)9-12-6-4-5-7-16-12/h4-7,13H,8-11,15H2,1-3H3. The molecule has 100 valence electrons. The SMILES string of the molecule is CN1CC(CN)N(Cc2ccccn2)C(C)(C)C1. The van der Waals surface area contributed by atoms with Crippen molar-refractivity contribution < 1.29 is 0 Å². The van der Waals surface area contributed by atoms with Crippen molar-refractivity contribution in [3.05, 3.63) is 30.1 Å². The van der Waals surface area contributed by atoms with Gasteiger partial charge in [-0.3, -0.25) is 9.88 Å². The maximum atomic E-state index is 5.94. The molecule has 1 unspecified atom stereocenters. The van der Waals surface area contributed by atoms with Crippen LogP contribution < -0.4 is 5.73 Å². The number of piperazine rings is 1. The Hall–Kier alpha value is -0.970. The first kappa shape index (κ1) is 13.5. The van der Waals surface area contributed by atoms with Gasteiger partial charge in [0, 0.05) is 44.0 Å². The highest BCUT2D eigenvalue weighted by molar-refractivity contribution is 5.06. The van der Waals surface area contributed by atoms with Gasteiger partial charge in [0.15, 0.2) is 0 Å². The fraction of sp³-hybridized carbons (Fsp3) is 0.643. The fourth-order valence-electron chi connectivity index (χ4n) is 2.98. The average Bonchev–Trinajstić information content (AvgIpc) is 2.33. The third-order valence-corrected chi connectivity index (χ3v) is 3.73. The molecule has 1 saturated heterocycles. The van der Waals surface area contributed by atoms with Crippen LogP contribution in [-0.2, 0) is 6.54 Å². The monoisotopic (exact) mass is 248 g/mol. The molecule has 1 atom stereocenters. The topological polar surface area (TPSA) is 45.4 Å². The zero-order valence-electron chi connectivity index (χ0n) is 11.6. The van der Waals surface area contributed by atoms with Gasteiger partial charge < -0.3 is 10.6 Å². The lowest BCUT2D eigenvalue weighted by Gasteiger charge is -2.50. The maximum Gasteiger partial charge on any atom is 0.0544 e. The molecule has 4 heteroatoms. The lowest BCUT2D eigenvalue weighted by atomic mass is 9.94. The summed E-state index contributed by atoms with van der Waals surface area (Å²) < 4.78 is 0. The lowest BCUT2D eigenvalue weighted by Crippen LogP contribution is -2.64. The molecule has 1 fully saturated rings. The van der Waals surface area contributed by atoms with Gasteiger partial charge in [0.2, 0.25) is 0 Å². The number of nitrogens with two attached hydrogens (primary N) is 1. The highest BCUT2D eigenvalue weighted by atomic mass is 15.3. The third kappa shape index (κ3) is 2.88. The number of aromatic nitrogens is 1. The summed E-state index contributed by atoms with van der Waals surface area (Å²) in [6, 6.07) is 6.49. The van der Waals surface area contributed by atoms with E-state index in [1.807, 2.05) is 18.3 Å². The van der Waals surface area contributed by atoms with E-state index in [4.69, 9.17) is 5.73 Å². The number of likely N-dealkylation sites (N-methyl/N-ethyl adjacent to an activating group) is 1. The Balaban J connectivity index is 2.17. The van der Waals surface area contributed by atoms with E-state index in [0.29, 0.717) is 12.6 Å². The summed E-state index contributed by atoms with van der Waals surface area (Å²) >= 11 is 0. The van der Waals surface area contributed by atoms with Gasteiger partial charge >= 0.3 is 0 Å². The van der Waals surface area contributed by atoms with E-state index in [9.17, 15) is 0 Å². The second-order valence-corrected chi connectivity index (χ2v) is 5.85. The minimum atomic E-state index is 0.133. The van der Waals surface area contributed by atoms with Crippen LogP contribution >= 0.6 is 0 Å². The molecule has 2 heterocycles. The molecule has 0 aliphatic carbocycles. The molecule has 1 aromatic heterocycles. The van der Waals surface area contributed by atoms with Crippen LogP contribution in [0.15, 0.2) is 24.4 Å². The Kier molecular flexibility index (Phi) is 4.00. The molecule has 0 amide bonds. The molecule has 0 aromatic carbocycles. The Labute approximate surface area is 110 Å². The summed E-state index contributed by atoms with van der Waals surface area (Å²) in [5, 5.41) is 0. The molecule has 0 spiro atoms. The van der Waals surface area contributed by atoms with Crippen molar-refractivity contribution in [1.82, 2.24) is 14.8 Å². The minimum absolute atomic E-state index is 0.133. The van der Waals surface area contributed by atoms with Crippen molar-refractivity contribution in [3.8, 4) is 0 Å². The average molecular weight is 248 g/mol. The van der Waals surface area contributed by atoms with Crippen molar-refractivity contribution in [3.63, 3.8) is 0 Å². The molecule has 1 aliphatic heterocycles. The van der Waals surface area contributed by atoms with E-state index in [0.717, 1.165) is 25.3 Å². The van der Waals surface area contributed by atoms with Gasteiger partial charge in [0.25, 0.3) is 0 Å². The number of hydrogen-bond acceptors (Lipinski definition) is 4. The Bertz CT molecular complexity index is 377. The van der Waals surface area contributed by atoms with Crippen molar-refractivity contribution >= 4 is 0 Å². The van der Waals surface area contributed by atoms with Crippen LogP contribution in [0.1, 0.15) is 19.5 Å². The number of pyridine rings is 1. The van der Waals surface area contributed by atoms with Gasteiger partial charge in [0.05, 0.1) is 5.69 Å². The summed E-state index contributed by atoms with van der Waals surface area (Å²) in [4.78, 5) is 9.29. The summed E-state index contributed by atoms with van der Waals surface area (Å²) in [6.07, 6.45) is 1.86. The van der Waals surface area contributed by atoms with Crippen LogP contribution in [0.3, 0.4) is 0 Å². The smallest absolute Gasteiger partial charge is 0.0544 e. The number of rotatable bonds is 3. The van der Waals surface area contributed by atoms with Gasteiger partial charge in [-0.15, -0.1) is 0 Å². The quantitative estimate of drug-likeness (QED) is 0.864. The molecule has 2 rings (SSSR count). The molecule has 1 aliphatic rings. The van der Waals surface area contributed by atoms with Crippen LogP contribution in [0, 0.1) is 0 Å². The minimum Gasteiger partial charge on any atom is -0.329 e. The summed E-state index contributed by atoms with van der Waals surface area (Å²) in [6.45, 7) is 8.25. The van der Waals surface area contributed by atoms with Crippen LogP contribution in [0.2, 0.25) is 0 Å². The van der Waals surface area contributed by atoms with Gasteiger partial charge in [-0.25, -0.2) is 0 Å². The van der Waals surface area contributed by atoms with E-state index in [-0.39, 0.29) is 5.54 Å². The first-order chi connectivity index (χ1) is 8.53. The maximum absolute atomic E-state index is 5.94. The molecule has 4 nitrogen and oxygen atoms in total. The van der Waals surface area contributed by atoms with Crippen molar-refractivity contribution in [2.75, 3.05) is 26.7 Å². The molecule has 0 bridgehead atoms. The fourth-order valence-corrected chi connectivity index (χ4v) is 2.98. The van der Waals surface area contributed by atoms with Crippen molar-refractivity contribution in [2.24, 2.45) is 5.73 Å². The number of nitrogens with zero attached hydrogens (tertiary/aromatic N) is 3. The predicted octanol–water partition coefficient (Wildman–Crippen LogP) is 0.935. The summed E-state index contributed by atoms with van der Waals surface area (Å²) in [5.41, 5.74) is 7.19. The Morgan fingerprint density at radius 2 is 2.22 bits per heavy atom. The van der Waals surface area contributed by atoms with E-state index >= 15 is 0 Å². The van der Waals surface area contributed by atoms with Crippen LogP contribution in [0.25, 0.3) is 0 Å². The summed E-state index contributed by atoms with van der Waals surface area (Å²) in [7, 11) is 2.17. The molecular weight excluding hydrogens is 224 g/mol. The highest BCUT2D eigenvalue weighted by Crippen LogP contribution is 2.25. The van der Waals surface area contributed by atoms with E-state index in [2.05, 4.69) is 41.7 Å². The van der Waals surface area contributed by atoms with Gasteiger partial charge in [0.1, 0.15) is 0 Å². The first-order valence-electron chi connectivity index (χ1n) is 6.58. The summed E-state index contributed by atoms with van der Waals surface area (Å²) in [5.74, 6) is 0. The normalized spacial score (nSPS) is 25.2. The van der Waals surface area contributed by atoms with Crippen molar-refractivity contribution in [1.29, 1.82) is 0 Å². The molecule has 2 N–H and O–H groups in total. The van der Waals surface area contributed by atoms with E-state index in [1.165, 1.54) is 0 Å². The van der Waals surface area contributed by atoms with Gasteiger partial charge in [-0.1, -0.05) is 6.07 Å². The lowest BCUT2D eigenvalue weighted by molar-refractivity contribution is -0.0195. The van der Waals surface area contributed by atoms with E-state index < -0.39 is 0 Å². The predicted molar refractivity (Wildman–Crippen MR) is 74.2 cm³/mol. The third-order valence-electron chi connectivity index (χ3n) is 3.73. The van der Waals surface area contributed by atoms with Crippen LogP contribution in [0.5, 0.6) is 0 Å². The molecule has 1 aromatic rings. The highest BCUT2D eigenvalue weighted by Gasteiger charge is 2.38. The van der Waals surface area contributed by atoms with E-state index in [1.54, 1.807) is 0 Å². The van der Waals surface area contributed by atoms with Crippen molar-refractivity contribution in [2.45, 2.75) is 32.0 Å².